The molecule has 0 aromatic carbocycles. The number of nitrogens with zero attached hydrogens (tertiary/aromatic N) is 1. The molecule has 1 aliphatic heterocycles. The van der Waals surface area contributed by atoms with E-state index < -0.39 is 0 Å². The summed E-state index contributed by atoms with van der Waals surface area (Å²) in [6, 6.07) is 0. The highest BCUT2D eigenvalue weighted by molar-refractivity contribution is 4.63. The van der Waals surface area contributed by atoms with Crippen LogP contribution in [0, 0.1) is 0 Å². The van der Waals surface area contributed by atoms with Gasteiger partial charge in [-0.05, 0) is 6.42 Å². The molecule has 0 aromatic heterocycles. The highest BCUT2D eigenvalue weighted by Gasteiger charge is 2.10. The van der Waals surface area contributed by atoms with Crippen molar-refractivity contribution in [3.63, 3.8) is 0 Å². The van der Waals surface area contributed by atoms with Crippen molar-refractivity contribution in [3.05, 3.63) is 0 Å². The fourth-order valence-electron chi connectivity index (χ4n) is 0.819. The van der Waals surface area contributed by atoms with Gasteiger partial charge in [0.1, 0.15) is 0 Å². The minimum atomic E-state index is 0.420. The summed E-state index contributed by atoms with van der Waals surface area (Å²) in [6.07, 6.45) is 1.52. The smallest absolute Gasteiger partial charge is 0.0714 e. The largest absolute Gasteiger partial charge is 0.375 e. The van der Waals surface area contributed by atoms with Gasteiger partial charge >= 0.3 is 0 Å². The molecule has 1 saturated heterocycles. The standard InChI is InChI=1S/C6H12NO/c1-2-6-5-7-3-4-8-6/h6H,2-5H2,1H3/t6-/m0/s1. The van der Waals surface area contributed by atoms with E-state index in [1.54, 1.807) is 0 Å². The second-order valence-electron chi connectivity index (χ2n) is 2.03. The van der Waals surface area contributed by atoms with Crippen LogP contribution in [0.2, 0.25) is 0 Å². The summed E-state index contributed by atoms with van der Waals surface area (Å²) in [5, 5.41) is 4.20. The molecule has 1 fully saturated rings. The average molecular weight is 114 g/mol. The van der Waals surface area contributed by atoms with Crippen LogP contribution in [0.4, 0.5) is 0 Å². The lowest BCUT2D eigenvalue weighted by Crippen LogP contribution is -2.33. The predicted octanol–water partition coefficient (Wildman–Crippen LogP) is 0.400. The molecule has 2 heteroatoms. The van der Waals surface area contributed by atoms with Crippen molar-refractivity contribution in [3.8, 4) is 0 Å². The van der Waals surface area contributed by atoms with E-state index in [0.717, 1.165) is 26.1 Å². The van der Waals surface area contributed by atoms with Gasteiger partial charge in [0.2, 0.25) is 0 Å². The van der Waals surface area contributed by atoms with Gasteiger partial charge in [-0.25, -0.2) is 5.32 Å². The second-order valence-corrected chi connectivity index (χ2v) is 2.03. The first kappa shape index (κ1) is 6.05. The molecule has 2 nitrogen and oxygen atoms in total. The lowest BCUT2D eigenvalue weighted by molar-refractivity contribution is 0.0251. The molecule has 0 aromatic rings. The Hall–Kier alpha value is -0.0800. The molecule has 0 unspecified atom stereocenters. The van der Waals surface area contributed by atoms with Crippen LogP contribution in [0.5, 0.6) is 0 Å². The highest BCUT2D eigenvalue weighted by atomic mass is 16.5. The van der Waals surface area contributed by atoms with Crippen molar-refractivity contribution in [1.29, 1.82) is 0 Å². The molecular formula is C6H12NO. The minimum Gasteiger partial charge on any atom is -0.375 e. The van der Waals surface area contributed by atoms with Gasteiger partial charge < -0.3 is 4.74 Å². The molecule has 0 aliphatic carbocycles. The van der Waals surface area contributed by atoms with E-state index in [1.165, 1.54) is 0 Å². The molecule has 0 bridgehead atoms. The van der Waals surface area contributed by atoms with Gasteiger partial charge in [0.05, 0.1) is 12.7 Å². The third-order valence-electron chi connectivity index (χ3n) is 1.39. The Morgan fingerprint density at radius 2 is 2.62 bits per heavy atom. The van der Waals surface area contributed by atoms with E-state index in [-0.39, 0.29) is 0 Å². The monoisotopic (exact) mass is 114 g/mol. The number of ether oxygens (including phenoxy) is 1. The van der Waals surface area contributed by atoms with Crippen molar-refractivity contribution < 1.29 is 4.74 Å². The van der Waals surface area contributed by atoms with E-state index in [1.807, 2.05) is 0 Å². The van der Waals surface area contributed by atoms with Crippen LogP contribution < -0.4 is 5.32 Å². The number of morpholine rings is 1. The molecule has 8 heavy (non-hydrogen) atoms. The normalized spacial score (nSPS) is 30.4. The van der Waals surface area contributed by atoms with Crippen LogP contribution in [0.25, 0.3) is 0 Å². The van der Waals surface area contributed by atoms with Crippen molar-refractivity contribution >= 4 is 0 Å². The Labute approximate surface area is 50.2 Å². The number of hydrogen-bond acceptors (Lipinski definition) is 1. The molecule has 1 aliphatic rings. The third-order valence-corrected chi connectivity index (χ3v) is 1.39. The van der Waals surface area contributed by atoms with E-state index >= 15 is 0 Å². The van der Waals surface area contributed by atoms with Crippen LogP contribution in [-0.4, -0.2) is 25.8 Å². The molecular weight excluding hydrogens is 102 g/mol. The lowest BCUT2D eigenvalue weighted by Gasteiger charge is -2.20. The molecule has 0 amide bonds. The highest BCUT2D eigenvalue weighted by Crippen LogP contribution is 1.99. The summed E-state index contributed by atoms with van der Waals surface area (Å²) in [6.45, 7) is 4.77. The third kappa shape index (κ3) is 1.46. The summed E-state index contributed by atoms with van der Waals surface area (Å²) in [4.78, 5) is 0. The number of hydrogen-bond donors (Lipinski definition) is 0. The summed E-state index contributed by atoms with van der Waals surface area (Å²) >= 11 is 0. The van der Waals surface area contributed by atoms with E-state index in [0.29, 0.717) is 6.10 Å². The van der Waals surface area contributed by atoms with Crippen LogP contribution in [-0.2, 0) is 4.74 Å². The zero-order valence-corrected chi connectivity index (χ0v) is 5.26. The lowest BCUT2D eigenvalue weighted by atomic mass is 10.2. The Morgan fingerprint density at radius 3 is 3.00 bits per heavy atom. The van der Waals surface area contributed by atoms with Crippen molar-refractivity contribution in [2.75, 3.05) is 19.7 Å². The zero-order valence-electron chi connectivity index (χ0n) is 5.26. The fraction of sp³-hybridized carbons (Fsp3) is 1.00. The van der Waals surface area contributed by atoms with Gasteiger partial charge in [-0.3, -0.25) is 0 Å². The van der Waals surface area contributed by atoms with Crippen LogP contribution in [0.15, 0.2) is 0 Å². The van der Waals surface area contributed by atoms with Crippen molar-refractivity contribution in [2.45, 2.75) is 19.4 Å². The average Bonchev–Trinajstić information content (AvgIpc) is 1.90. The van der Waals surface area contributed by atoms with Crippen LogP contribution >= 0.6 is 0 Å². The summed E-state index contributed by atoms with van der Waals surface area (Å²) < 4.78 is 5.33. The molecule has 0 spiro atoms. The van der Waals surface area contributed by atoms with Gasteiger partial charge in [0, 0.05) is 13.1 Å². The topological polar surface area (TPSA) is 23.3 Å². The van der Waals surface area contributed by atoms with E-state index in [9.17, 15) is 0 Å². The number of rotatable bonds is 1. The predicted molar refractivity (Wildman–Crippen MR) is 31.9 cm³/mol. The van der Waals surface area contributed by atoms with Crippen LogP contribution in [0.3, 0.4) is 0 Å². The Balaban J connectivity index is 2.13. The molecule has 0 saturated carbocycles. The maximum atomic E-state index is 5.33. The van der Waals surface area contributed by atoms with Gasteiger partial charge in [0.25, 0.3) is 0 Å². The fourth-order valence-corrected chi connectivity index (χ4v) is 0.819. The molecule has 1 heterocycles. The molecule has 0 N–H and O–H groups in total. The molecule has 1 radical (unpaired) electrons. The summed E-state index contributed by atoms with van der Waals surface area (Å²) in [5.41, 5.74) is 0. The Morgan fingerprint density at radius 1 is 1.75 bits per heavy atom. The maximum absolute atomic E-state index is 5.33. The quantitative estimate of drug-likeness (QED) is 0.484. The first-order valence-corrected chi connectivity index (χ1v) is 3.18. The van der Waals surface area contributed by atoms with Crippen molar-refractivity contribution in [1.82, 2.24) is 5.32 Å². The first-order valence-electron chi connectivity index (χ1n) is 3.18. The Bertz CT molecular complexity index is 59.5. The molecule has 47 valence electrons. The minimum absolute atomic E-state index is 0.420. The second kappa shape index (κ2) is 3.05. The van der Waals surface area contributed by atoms with Crippen LogP contribution in [0.1, 0.15) is 13.3 Å². The first-order chi connectivity index (χ1) is 3.93. The maximum Gasteiger partial charge on any atom is 0.0714 e. The molecule has 1 rings (SSSR count). The van der Waals surface area contributed by atoms with Gasteiger partial charge in [0.15, 0.2) is 0 Å². The van der Waals surface area contributed by atoms with Gasteiger partial charge in [-0.1, -0.05) is 6.92 Å². The summed E-state index contributed by atoms with van der Waals surface area (Å²) in [5.74, 6) is 0. The zero-order chi connectivity index (χ0) is 5.82. The summed E-state index contributed by atoms with van der Waals surface area (Å²) in [7, 11) is 0. The molecule has 1 atom stereocenters. The van der Waals surface area contributed by atoms with Gasteiger partial charge in [-0.15, -0.1) is 0 Å². The Kier molecular flexibility index (Phi) is 2.30. The van der Waals surface area contributed by atoms with E-state index in [4.69, 9.17) is 4.74 Å². The van der Waals surface area contributed by atoms with Gasteiger partial charge in [-0.2, -0.15) is 0 Å². The van der Waals surface area contributed by atoms with E-state index in [2.05, 4.69) is 12.2 Å². The van der Waals surface area contributed by atoms with Crippen molar-refractivity contribution in [2.24, 2.45) is 0 Å². The SMILES string of the molecule is CC[C@H]1C[N]CCO1.